The second-order valence-corrected chi connectivity index (χ2v) is 5.02. The van der Waals surface area contributed by atoms with Gasteiger partial charge in [0.05, 0.1) is 6.54 Å². The van der Waals surface area contributed by atoms with Gasteiger partial charge in [0.25, 0.3) is 0 Å². The first-order valence-electron chi connectivity index (χ1n) is 5.14. The van der Waals surface area contributed by atoms with Gasteiger partial charge in [0.2, 0.25) is 5.91 Å². The summed E-state index contributed by atoms with van der Waals surface area (Å²) in [5, 5.41) is 5.24. The molecule has 0 saturated heterocycles. The Kier molecular flexibility index (Phi) is 4.78. The Balaban J connectivity index is 2.57. The lowest BCUT2D eigenvalue weighted by molar-refractivity contribution is -0.117. The predicted octanol–water partition coefficient (Wildman–Crippen LogP) is 1.91. The Morgan fingerprint density at radius 3 is 2.80 bits per heavy atom. The molecule has 0 aliphatic carbocycles. The lowest BCUT2D eigenvalue weighted by Crippen LogP contribution is -2.32. The summed E-state index contributed by atoms with van der Waals surface area (Å²) in [7, 11) is 0. The molecule has 0 saturated carbocycles. The normalized spacial score (nSPS) is 13.0. The maximum Gasteiger partial charge on any atom is 0.231 e. The van der Waals surface area contributed by atoms with Crippen LogP contribution in [0.25, 0.3) is 0 Å². The summed E-state index contributed by atoms with van der Waals surface area (Å²) in [6, 6.07) is 4.36. The van der Waals surface area contributed by atoms with Crippen molar-refractivity contribution in [2.45, 2.75) is 26.3 Å². The Labute approximate surface area is 94.7 Å². The lowest BCUT2D eigenvalue weighted by Gasteiger charge is -2.18. The van der Waals surface area contributed by atoms with Crippen molar-refractivity contribution in [3.05, 3.63) is 22.4 Å². The summed E-state index contributed by atoms with van der Waals surface area (Å²) < 4.78 is 0. The highest BCUT2D eigenvalue weighted by atomic mass is 32.1. The van der Waals surface area contributed by atoms with Crippen molar-refractivity contribution in [2.24, 2.45) is 11.7 Å². The zero-order valence-corrected chi connectivity index (χ0v) is 10.0. The molecule has 1 unspecified atom stereocenters. The van der Waals surface area contributed by atoms with Crippen LogP contribution in [0.4, 0.5) is 0 Å². The van der Waals surface area contributed by atoms with Crippen LogP contribution >= 0.6 is 11.3 Å². The van der Waals surface area contributed by atoms with Crippen LogP contribution in [0.15, 0.2) is 17.5 Å². The number of hydrogen-bond donors (Lipinski definition) is 2. The second-order valence-electron chi connectivity index (χ2n) is 4.04. The molecule has 1 aromatic rings. The highest BCUT2D eigenvalue weighted by molar-refractivity contribution is 7.10. The van der Waals surface area contributed by atoms with Gasteiger partial charge >= 0.3 is 0 Å². The minimum atomic E-state index is -0.305. The van der Waals surface area contributed by atoms with Gasteiger partial charge in [0.15, 0.2) is 0 Å². The minimum Gasteiger partial charge on any atom is -0.369 e. The van der Waals surface area contributed by atoms with Gasteiger partial charge in [0, 0.05) is 10.9 Å². The number of amides is 1. The first kappa shape index (κ1) is 12.2. The van der Waals surface area contributed by atoms with Gasteiger partial charge in [-0.15, -0.1) is 11.3 Å². The van der Waals surface area contributed by atoms with Crippen LogP contribution in [0.5, 0.6) is 0 Å². The maximum absolute atomic E-state index is 10.7. The van der Waals surface area contributed by atoms with E-state index < -0.39 is 0 Å². The van der Waals surface area contributed by atoms with E-state index in [9.17, 15) is 4.79 Å². The fraction of sp³-hybridized carbons (Fsp3) is 0.545. The molecule has 3 N–H and O–H groups in total. The van der Waals surface area contributed by atoms with Gasteiger partial charge in [-0.3, -0.25) is 4.79 Å². The third-order valence-corrected chi connectivity index (χ3v) is 3.10. The van der Waals surface area contributed by atoms with Crippen molar-refractivity contribution in [1.29, 1.82) is 0 Å². The standard InChI is InChI=1S/C11H18N2OS/c1-8(2)6-9(13-7-11(12)14)10-4-3-5-15-10/h3-5,8-9,13H,6-7H2,1-2H3,(H2,12,14). The molecule has 4 heteroatoms. The van der Waals surface area contributed by atoms with E-state index in [4.69, 9.17) is 5.73 Å². The molecule has 0 aliphatic heterocycles. The van der Waals surface area contributed by atoms with E-state index in [-0.39, 0.29) is 18.5 Å². The van der Waals surface area contributed by atoms with Crippen LogP contribution in [-0.4, -0.2) is 12.5 Å². The van der Waals surface area contributed by atoms with Gasteiger partial charge in [-0.2, -0.15) is 0 Å². The number of carbonyl (C=O) groups is 1. The predicted molar refractivity (Wildman–Crippen MR) is 63.7 cm³/mol. The molecule has 1 aromatic heterocycles. The number of thiophene rings is 1. The molecule has 1 atom stereocenters. The highest BCUT2D eigenvalue weighted by Gasteiger charge is 2.14. The average molecular weight is 226 g/mol. The summed E-state index contributed by atoms with van der Waals surface area (Å²) in [5.74, 6) is 0.290. The molecular weight excluding hydrogens is 208 g/mol. The molecule has 1 rings (SSSR count). The van der Waals surface area contributed by atoms with Crippen molar-refractivity contribution >= 4 is 17.2 Å². The highest BCUT2D eigenvalue weighted by Crippen LogP contribution is 2.24. The van der Waals surface area contributed by atoms with Gasteiger partial charge in [0.1, 0.15) is 0 Å². The number of rotatable bonds is 6. The van der Waals surface area contributed by atoms with E-state index in [2.05, 4.69) is 30.6 Å². The number of hydrogen-bond acceptors (Lipinski definition) is 3. The molecule has 1 amide bonds. The van der Waals surface area contributed by atoms with Crippen molar-refractivity contribution < 1.29 is 4.79 Å². The Bertz CT molecular complexity index is 296. The van der Waals surface area contributed by atoms with Gasteiger partial charge in [-0.1, -0.05) is 19.9 Å². The zero-order chi connectivity index (χ0) is 11.3. The summed E-state index contributed by atoms with van der Waals surface area (Å²) in [4.78, 5) is 12.0. The fourth-order valence-electron chi connectivity index (χ4n) is 1.48. The van der Waals surface area contributed by atoms with E-state index in [1.807, 2.05) is 6.07 Å². The molecule has 0 aliphatic rings. The molecule has 0 radical (unpaired) electrons. The number of nitrogens with one attached hydrogen (secondary N) is 1. The van der Waals surface area contributed by atoms with Crippen molar-refractivity contribution in [3.8, 4) is 0 Å². The topological polar surface area (TPSA) is 55.1 Å². The smallest absolute Gasteiger partial charge is 0.231 e. The van der Waals surface area contributed by atoms with Crippen molar-refractivity contribution in [3.63, 3.8) is 0 Å². The fourth-order valence-corrected chi connectivity index (χ4v) is 2.30. The zero-order valence-electron chi connectivity index (χ0n) is 9.19. The second kappa shape index (κ2) is 5.88. The summed E-state index contributed by atoms with van der Waals surface area (Å²) in [5.41, 5.74) is 5.13. The third-order valence-electron chi connectivity index (χ3n) is 2.12. The molecule has 0 bridgehead atoms. The van der Waals surface area contributed by atoms with E-state index in [1.54, 1.807) is 11.3 Å². The quantitative estimate of drug-likeness (QED) is 0.778. The lowest BCUT2D eigenvalue weighted by atomic mass is 10.0. The molecule has 1 heterocycles. The van der Waals surface area contributed by atoms with E-state index in [0.717, 1.165) is 6.42 Å². The van der Waals surface area contributed by atoms with Crippen molar-refractivity contribution in [2.75, 3.05) is 6.54 Å². The Morgan fingerprint density at radius 2 is 2.33 bits per heavy atom. The van der Waals surface area contributed by atoms with Crippen LogP contribution in [-0.2, 0) is 4.79 Å². The van der Waals surface area contributed by atoms with E-state index in [1.165, 1.54) is 4.88 Å². The summed E-state index contributed by atoms with van der Waals surface area (Å²) >= 11 is 1.71. The van der Waals surface area contributed by atoms with Crippen LogP contribution in [0, 0.1) is 5.92 Å². The number of nitrogens with two attached hydrogens (primary N) is 1. The Hall–Kier alpha value is -0.870. The maximum atomic E-state index is 10.7. The largest absolute Gasteiger partial charge is 0.369 e. The summed E-state index contributed by atoms with van der Waals surface area (Å²) in [6.07, 6.45) is 1.02. The third kappa shape index (κ3) is 4.44. The molecule has 0 fully saturated rings. The average Bonchev–Trinajstić information content (AvgIpc) is 2.63. The molecular formula is C11H18N2OS. The SMILES string of the molecule is CC(C)CC(NCC(N)=O)c1cccs1. The Morgan fingerprint density at radius 1 is 1.60 bits per heavy atom. The van der Waals surface area contributed by atoms with Crippen LogP contribution in [0.3, 0.4) is 0 Å². The summed E-state index contributed by atoms with van der Waals surface area (Å²) in [6.45, 7) is 4.59. The van der Waals surface area contributed by atoms with Crippen LogP contribution < -0.4 is 11.1 Å². The minimum absolute atomic E-state index is 0.245. The van der Waals surface area contributed by atoms with Gasteiger partial charge in [-0.05, 0) is 23.8 Å². The first-order chi connectivity index (χ1) is 7.09. The molecule has 0 aromatic carbocycles. The monoisotopic (exact) mass is 226 g/mol. The van der Waals surface area contributed by atoms with Crippen LogP contribution in [0.2, 0.25) is 0 Å². The van der Waals surface area contributed by atoms with Gasteiger partial charge < -0.3 is 11.1 Å². The molecule has 84 valence electrons. The number of primary amides is 1. The molecule has 15 heavy (non-hydrogen) atoms. The van der Waals surface area contributed by atoms with Crippen LogP contribution in [0.1, 0.15) is 31.2 Å². The first-order valence-corrected chi connectivity index (χ1v) is 6.02. The number of carbonyl (C=O) groups excluding carboxylic acids is 1. The van der Waals surface area contributed by atoms with Gasteiger partial charge in [-0.25, -0.2) is 0 Å². The van der Waals surface area contributed by atoms with E-state index >= 15 is 0 Å². The van der Waals surface area contributed by atoms with Crippen molar-refractivity contribution in [1.82, 2.24) is 5.32 Å². The molecule has 0 spiro atoms. The molecule has 3 nitrogen and oxygen atoms in total. The van der Waals surface area contributed by atoms with E-state index in [0.29, 0.717) is 5.92 Å².